The van der Waals surface area contributed by atoms with Crippen molar-refractivity contribution in [3.63, 3.8) is 0 Å². The highest BCUT2D eigenvalue weighted by Crippen LogP contribution is 2.32. The van der Waals surface area contributed by atoms with Gasteiger partial charge in [0.1, 0.15) is 5.82 Å². The fourth-order valence-electron chi connectivity index (χ4n) is 3.07. The van der Waals surface area contributed by atoms with Crippen molar-refractivity contribution in [2.75, 3.05) is 23.4 Å². The van der Waals surface area contributed by atoms with Crippen molar-refractivity contribution >= 4 is 17.5 Å². The van der Waals surface area contributed by atoms with Crippen molar-refractivity contribution in [2.24, 2.45) is 0 Å². The summed E-state index contributed by atoms with van der Waals surface area (Å²) < 4.78 is 19.3. The Balaban J connectivity index is 1.68. The zero-order valence-corrected chi connectivity index (χ0v) is 15.4. The first-order chi connectivity index (χ1) is 13.6. The Labute approximate surface area is 162 Å². The van der Waals surface area contributed by atoms with E-state index in [1.807, 2.05) is 6.92 Å². The van der Waals surface area contributed by atoms with Crippen LogP contribution in [-0.2, 0) is 0 Å². The highest BCUT2D eigenvalue weighted by molar-refractivity contribution is 6.02. The number of aromatic nitrogens is 2. The molecule has 3 aromatic rings. The van der Waals surface area contributed by atoms with Crippen LogP contribution in [0, 0.1) is 12.7 Å². The number of anilines is 2. The van der Waals surface area contributed by atoms with Gasteiger partial charge in [-0.1, -0.05) is 12.1 Å². The largest absolute Gasteiger partial charge is 0.490 e. The fourth-order valence-corrected chi connectivity index (χ4v) is 3.07. The molecule has 2 aromatic heterocycles. The summed E-state index contributed by atoms with van der Waals surface area (Å²) >= 11 is 0. The number of pyridine rings is 2. The molecule has 0 saturated heterocycles. The van der Waals surface area contributed by atoms with E-state index in [0.29, 0.717) is 48.1 Å². The summed E-state index contributed by atoms with van der Waals surface area (Å²) in [5, 5.41) is 2.88. The van der Waals surface area contributed by atoms with E-state index in [1.54, 1.807) is 47.5 Å². The molecule has 28 heavy (non-hydrogen) atoms. The molecule has 0 bridgehead atoms. The first-order valence-corrected chi connectivity index (χ1v) is 9.01. The molecule has 0 fully saturated rings. The van der Waals surface area contributed by atoms with Crippen LogP contribution in [0.2, 0.25) is 0 Å². The minimum Gasteiger partial charge on any atom is -0.490 e. The van der Waals surface area contributed by atoms with E-state index in [0.717, 1.165) is 5.69 Å². The van der Waals surface area contributed by atoms with Crippen LogP contribution in [0.4, 0.5) is 20.7 Å². The Morgan fingerprint density at radius 1 is 1.21 bits per heavy atom. The van der Waals surface area contributed by atoms with E-state index in [1.165, 1.54) is 12.1 Å². The maximum Gasteiger partial charge on any atom is 0.327 e. The highest BCUT2D eigenvalue weighted by atomic mass is 19.1. The monoisotopic (exact) mass is 378 g/mol. The van der Waals surface area contributed by atoms with Crippen molar-refractivity contribution in [1.29, 1.82) is 0 Å². The third-order valence-corrected chi connectivity index (χ3v) is 4.39. The van der Waals surface area contributed by atoms with E-state index >= 15 is 0 Å². The third-order valence-electron chi connectivity index (χ3n) is 4.39. The SMILES string of the molecule is Cc1cc(NC(=O)N2CCCOc3ccc(-c4cccc(F)c4)nc32)ccn1. The van der Waals surface area contributed by atoms with Gasteiger partial charge >= 0.3 is 6.03 Å². The van der Waals surface area contributed by atoms with Crippen LogP contribution in [0.3, 0.4) is 0 Å². The number of halogens is 1. The summed E-state index contributed by atoms with van der Waals surface area (Å²) in [5.41, 5.74) is 2.67. The van der Waals surface area contributed by atoms with Crippen LogP contribution in [0.5, 0.6) is 5.75 Å². The van der Waals surface area contributed by atoms with Gasteiger partial charge in [-0.3, -0.25) is 9.88 Å². The summed E-state index contributed by atoms with van der Waals surface area (Å²) in [4.78, 5) is 23.2. The lowest BCUT2D eigenvalue weighted by Crippen LogP contribution is -2.36. The standard InChI is InChI=1S/C21H19FN4O2/c1-14-12-17(8-9-23-14)24-21(27)26-10-3-11-28-19-7-6-18(25-20(19)26)15-4-2-5-16(22)13-15/h2,4-9,12-13H,3,10-11H2,1H3,(H,23,24,27). The molecule has 1 aliphatic rings. The van der Waals surface area contributed by atoms with Gasteiger partial charge in [0.15, 0.2) is 11.6 Å². The molecule has 1 aliphatic heterocycles. The van der Waals surface area contributed by atoms with Gasteiger partial charge < -0.3 is 10.1 Å². The zero-order chi connectivity index (χ0) is 19.5. The van der Waals surface area contributed by atoms with Crippen LogP contribution in [0.15, 0.2) is 54.7 Å². The summed E-state index contributed by atoms with van der Waals surface area (Å²) in [6, 6.07) is 13.0. The molecule has 0 saturated carbocycles. The number of carbonyl (C=O) groups excluding carboxylic acids is 1. The average Bonchev–Trinajstić information content (AvgIpc) is 2.90. The van der Waals surface area contributed by atoms with E-state index in [2.05, 4.69) is 15.3 Å². The number of carbonyl (C=O) groups is 1. The van der Waals surface area contributed by atoms with Gasteiger partial charge in [-0.05, 0) is 49.7 Å². The molecule has 1 aromatic carbocycles. The van der Waals surface area contributed by atoms with Gasteiger partial charge in [-0.25, -0.2) is 14.2 Å². The zero-order valence-electron chi connectivity index (χ0n) is 15.4. The second-order valence-electron chi connectivity index (χ2n) is 6.50. The molecule has 7 heteroatoms. The number of aryl methyl sites for hydroxylation is 1. The summed E-state index contributed by atoms with van der Waals surface area (Å²) in [7, 11) is 0. The predicted molar refractivity (Wildman–Crippen MR) is 105 cm³/mol. The van der Waals surface area contributed by atoms with Crippen LogP contribution < -0.4 is 15.0 Å². The maximum absolute atomic E-state index is 13.6. The maximum atomic E-state index is 13.6. The molecule has 2 amide bonds. The van der Waals surface area contributed by atoms with Crippen LogP contribution in [-0.4, -0.2) is 29.2 Å². The van der Waals surface area contributed by atoms with Gasteiger partial charge in [0, 0.05) is 29.7 Å². The van der Waals surface area contributed by atoms with Crippen molar-refractivity contribution in [3.8, 4) is 17.0 Å². The summed E-state index contributed by atoms with van der Waals surface area (Å²) in [6.45, 7) is 2.81. The fraction of sp³-hybridized carbons (Fsp3) is 0.190. The molecule has 0 radical (unpaired) electrons. The van der Waals surface area contributed by atoms with Crippen molar-refractivity contribution in [3.05, 3.63) is 66.2 Å². The van der Waals surface area contributed by atoms with Gasteiger partial charge in [-0.15, -0.1) is 0 Å². The first kappa shape index (κ1) is 17.9. The smallest absolute Gasteiger partial charge is 0.327 e. The van der Waals surface area contributed by atoms with Crippen molar-refractivity contribution < 1.29 is 13.9 Å². The molecular weight excluding hydrogens is 359 g/mol. The lowest BCUT2D eigenvalue weighted by molar-refractivity contribution is 0.256. The molecule has 0 atom stereocenters. The first-order valence-electron chi connectivity index (χ1n) is 9.01. The Hall–Kier alpha value is -3.48. The van der Waals surface area contributed by atoms with E-state index in [-0.39, 0.29) is 11.8 Å². The molecule has 0 aliphatic carbocycles. The normalized spacial score (nSPS) is 13.3. The number of hydrogen-bond donors (Lipinski definition) is 1. The van der Waals surface area contributed by atoms with Gasteiger partial charge in [0.25, 0.3) is 0 Å². The molecule has 0 unspecified atom stereocenters. The summed E-state index contributed by atoms with van der Waals surface area (Å²) in [6.07, 6.45) is 2.32. The Kier molecular flexibility index (Phi) is 4.89. The number of nitrogens with one attached hydrogen (secondary N) is 1. The number of rotatable bonds is 2. The molecule has 142 valence electrons. The number of ether oxygens (including phenoxy) is 1. The van der Waals surface area contributed by atoms with Crippen molar-refractivity contribution in [1.82, 2.24) is 9.97 Å². The predicted octanol–water partition coefficient (Wildman–Crippen LogP) is 4.41. The Morgan fingerprint density at radius 3 is 2.93 bits per heavy atom. The van der Waals surface area contributed by atoms with Crippen molar-refractivity contribution in [2.45, 2.75) is 13.3 Å². The second-order valence-corrected chi connectivity index (χ2v) is 6.50. The highest BCUT2D eigenvalue weighted by Gasteiger charge is 2.24. The number of fused-ring (bicyclic) bond motifs is 1. The minimum atomic E-state index is -0.340. The molecule has 0 spiro atoms. The van der Waals surface area contributed by atoms with Crippen LogP contribution >= 0.6 is 0 Å². The Morgan fingerprint density at radius 2 is 2.11 bits per heavy atom. The minimum absolute atomic E-state index is 0.304. The number of benzene rings is 1. The number of hydrogen-bond acceptors (Lipinski definition) is 4. The molecule has 3 heterocycles. The molecular formula is C21H19FN4O2. The van der Waals surface area contributed by atoms with E-state index in [4.69, 9.17) is 4.74 Å². The van der Waals surface area contributed by atoms with Gasteiger partial charge in [0.2, 0.25) is 0 Å². The summed E-state index contributed by atoms with van der Waals surface area (Å²) in [5.74, 6) is 0.606. The quantitative estimate of drug-likeness (QED) is 0.717. The average molecular weight is 378 g/mol. The molecule has 6 nitrogen and oxygen atoms in total. The number of nitrogens with zero attached hydrogens (tertiary/aromatic N) is 3. The molecule has 4 rings (SSSR count). The lowest BCUT2D eigenvalue weighted by Gasteiger charge is -2.22. The topological polar surface area (TPSA) is 67.4 Å². The van der Waals surface area contributed by atoms with E-state index in [9.17, 15) is 9.18 Å². The van der Waals surface area contributed by atoms with E-state index < -0.39 is 0 Å². The van der Waals surface area contributed by atoms with Gasteiger partial charge in [0.05, 0.1) is 12.3 Å². The number of amides is 2. The second kappa shape index (κ2) is 7.64. The van der Waals surface area contributed by atoms with Crippen LogP contribution in [0.1, 0.15) is 12.1 Å². The van der Waals surface area contributed by atoms with Crippen LogP contribution in [0.25, 0.3) is 11.3 Å². The lowest BCUT2D eigenvalue weighted by atomic mass is 10.1. The Bertz CT molecular complexity index is 1020. The van der Waals surface area contributed by atoms with Gasteiger partial charge in [-0.2, -0.15) is 0 Å². The third kappa shape index (κ3) is 3.78. The molecule has 1 N–H and O–H groups in total. The number of urea groups is 1.